The van der Waals surface area contributed by atoms with Crippen LogP contribution in [-0.4, -0.2) is 21.4 Å². The molecule has 0 saturated heterocycles. The van der Waals surface area contributed by atoms with E-state index in [1.165, 1.54) is 5.39 Å². The first-order chi connectivity index (χ1) is 9.70. The third-order valence-electron chi connectivity index (χ3n) is 3.94. The van der Waals surface area contributed by atoms with E-state index in [0.29, 0.717) is 0 Å². The Morgan fingerprint density at radius 1 is 1.35 bits per heavy atom. The average Bonchev–Trinajstić information content (AvgIpc) is 2.48. The minimum Gasteiger partial charge on any atom is -0.334 e. The van der Waals surface area contributed by atoms with Gasteiger partial charge in [-0.05, 0) is 37.3 Å². The van der Waals surface area contributed by atoms with Crippen molar-refractivity contribution in [3.8, 4) is 0 Å². The molecule has 0 bridgehead atoms. The second-order valence-electron chi connectivity index (χ2n) is 5.39. The highest BCUT2D eigenvalue weighted by atomic mass is 32.2. The van der Waals surface area contributed by atoms with Crippen molar-refractivity contribution >= 4 is 33.4 Å². The maximum absolute atomic E-state index is 4.88. The molecule has 2 aromatic rings. The fraction of sp³-hybridized carbons (Fsp3) is 0.375. The van der Waals surface area contributed by atoms with E-state index in [0.717, 1.165) is 34.8 Å². The van der Waals surface area contributed by atoms with E-state index in [1.54, 1.807) is 11.8 Å². The summed E-state index contributed by atoms with van der Waals surface area (Å²) in [5.41, 5.74) is 1.17. The molecule has 1 atom stereocenters. The van der Waals surface area contributed by atoms with Crippen LogP contribution in [0.25, 0.3) is 10.8 Å². The van der Waals surface area contributed by atoms with Gasteiger partial charge in [0.15, 0.2) is 5.17 Å². The Morgan fingerprint density at radius 3 is 3.10 bits per heavy atom. The number of pyridine rings is 1. The quantitative estimate of drug-likeness (QED) is 0.893. The van der Waals surface area contributed by atoms with Gasteiger partial charge in [-0.3, -0.25) is 9.98 Å². The Hall–Kier alpha value is -1.55. The number of aliphatic imine (C=N–C) groups is 1. The minimum atomic E-state index is 0.0798. The van der Waals surface area contributed by atoms with Gasteiger partial charge >= 0.3 is 0 Å². The van der Waals surface area contributed by atoms with Gasteiger partial charge in [0.25, 0.3) is 0 Å². The lowest BCUT2D eigenvalue weighted by molar-refractivity contribution is 0.443. The summed E-state index contributed by atoms with van der Waals surface area (Å²) in [7, 11) is 0. The van der Waals surface area contributed by atoms with E-state index in [9.17, 15) is 0 Å². The summed E-state index contributed by atoms with van der Waals surface area (Å²) in [6, 6.07) is 8.30. The molecule has 104 valence electrons. The van der Waals surface area contributed by atoms with Gasteiger partial charge in [-0.2, -0.15) is 0 Å². The van der Waals surface area contributed by atoms with Gasteiger partial charge in [0.2, 0.25) is 0 Å². The topological polar surface area (TPSA) is 37.3 Å². The summed E-state index contributed by atoms with van der Waals surface area (Å²) in [5, 5.41) is 6.85. The molecule has 3 rings (SSSR count). The molecule has 0 amide bonds. The third-order valence-corrected chi connectivity index (χ3v) is 4.81. The largest absolute Gasteiger partial charge is 0.334 e. The fourth-order valence-electron chi connectivity index (χ4n) is 2.36. The zero-order valence-corrected chi connectivity index (χ0v) is 12.7. The maximum atomic E-state index is 4.88. The van der Waals surface area contributed by atoms with E-state index < -0.39 is 0 Å². The van der Waals surface area contributed by atoms with E-state index in [-0.39, 0.29) is 5.54 Å². The lowest BCUT2D eigenvalue weighted by atomic mass is 9.97. The third kappa shape index (κ3) is 2.66. The number of fused-ring (bicyclic) bond motifs is 1. The number of benzene rings is 1. The monoisotopic (exact) mass is 285 g/mol. The first-order valence-electron chi connectivity index (χ1n) is 7.03. The predicted octanol–water partition coefficient (Wildman–Crippen LogP) is 4.31. The number of amidine groups is 1. The highest BCUT2D eigenvalue weighted by molar-refractivity contribution is 8.14. The van der Waals surface area contributed by atoms with Gasteiger partial charge in [0.05, 0.1) is 5.54 Å². The van der Waals surface area contributed by atoms with Crippen molar-refractivity contribution in [3.05, 3.63) is 36.7 Å². The number of nitrogens with one attached hydrogen (secondary N) is 1. The number of hydrogen-bond acceptors (Lipinski definition) is 4. The molecule has 1 unspecified atom stereocenters. The van der Waals surface area contributed by atoms with Crippen LogP contribution in [0.4, 0.5) is 5.69 Å². The summed E-state index contributed by atoms with van der Waals surface area (Å²) >= 11 is 1.80. The number of anilines is 1. The number of aromatic nitrogens is 1. The smallest absolute Gasteiger partial charge is 0.161 e. The molecule has 3 nitrogen and oxygen atoms in total. The van der Waals surface area contributed by atoms with Gasteiger partial charge in [-0.15, -0.1) is 0 Å². The first kappa shape index (κ1) is 13.4. The molecule has 0 fully saturated rings. The number of nitrogens with zero attached hydrogens (tertiary/aromatic N) is 2. The molecular weight excluding hydrogens is 266 g/mol. The Balaban J connectivity index is 1.94. The van der Waals surface area contributed by atoms with Gasteiger partial charge in [-0.1, -0.05) is 30.8 Å². The van der Waals surface area contributed by atoms with E-state index in [4.69, 9.17) is 4.99 Å². The molecule has 20 heavy (non-hydrogen) atoms. The van der Waals surface area contributed by atoms with Gasteiger partial charge in [0, 0.05) is 29.2 Å². The van der Waals surface area contributed by atoms with Crippen LogP contribution in [0.5, 0.6) is 0 Å². The Kier molecular flexibility index (Phi) is 3.66. The van der Waals surface area contributed by atoms with Crippen molar-refractivity contribution in [2.45, 2.75) is 32.2 Å². The summed E-state index contributed by atoms with van der Waals surface area (Å²) in [6.45, 7) is 4.44. The molecular formula is C16H19N3S. The molecule has 0 aliphatic carbocycles. The molecule has 1 N–H and O–H groups in total. The van der Waals surface area contributed by atoms with Crippen LogP contribution in [0.15, 0.2) is 41.7 Å². The SMILES string of the molecule is CCC1(C)CCSC(Nc2cccc3ccncc23)=N1. The second kappa shape index (κ2) is 5.44. The molecule has 4 heteroatoms. The highest BCUT2D eigenvalue weighted by Gasteiger charge is 2.26. The zero-order chi connectivity index (χ0) is 14.0. The molecule has 1 aromatic heterocycles. The lowest BCUT2D eigenvalue weighted by Gasteiger charge is -2.29. The number of rotatable bonds is 2. The van der Waals surface area contributed by atoms with Crippen LogP contribution in [0.2, 0.25) is 0 Å². The van der Waals surface area contributed by atoms with E-state index >= 15 is 0 Å². The Labute approximate surface area is 123 Å². The van der Waals surface area contributed by atoms with E-state index in [1.807, 2.05) is 18.5 Å². The second-order valence-corrected chi connectivity index (χ2v) is 6.48. The highest BCUT2D eigenvalue weighted by Crippen LogP contribution is 2.31. The van der Waals surface area contributed by atoms with Gasteiger partial charge in [-0.25, -0.2) is 0 Å². The molecule has 0 saturated carbocycles. The number of hydrogen-bond donors (Lipinski definition) is 1. The molecule has 0 radical (unpaired) electrons. The maximum Gasteiger partial charge on any atom is 0.161 e. The van der Waals surface area contributed by atoms with Crippen LogP contribution in [0.3, 0.4) is 0 Å². The molecule has 0 spiro atoms. The van der Waals surface area contributed by atoms with Crippen molar-refractivity contribution in [1.29, 1.82) is 0 Å². The van der Waals surface area contributed by atoms with Crippen molar-refractivity contribution in [1.82, 2.24) is 4.98 Å². The van der Waals surface area contributed by atoms with Gasteiger partial charge < -0.3 is 5.32 Å². The van der Waals surface area contributed by atoms with Gasteiger partial charge in [0.1, 0.15) is 0 Å². The molecule has 1 aliphatic heterocycles. The molecule has 1 aromatic carbocycles. The van der Waals surface area contributed by atoms with Crippen molar-refractivity contribution in [2.24, 2.45) is 4.99 Å². The fourth-order valence-corrected chi connectivity index (χ4v) is 3.56. The predicted molar refractivity (Wildman–Crippen MR) is 88.6 cm³/mol. The zero-order valence-electron chi connectivity index (χ0n) is 11.9. The normalized spacial score (nSPS) is 22.6. The van der Waals surface area contributed by atoms with Crippen molar-refractivity contribution < 1.29 is 0 Å². The van der Waals surface area contributed by atoms with Crippen LogP contribution < -0.4 is 5.32 Å². The lowest BCUT2D eigenvalue weighted by Crippen LogP contribution is -2.29. The standard InChI is InChI=1S/C16H19N3S/c1-3-16(2)8-10-20-15(19-16)18-14-6-4-5-12-7-9-17-11-13(12)14/h4-7,9,11H,3,8,10H2,1-2H3,(H,18,19). The summed E-state index contributed by atoms with van der Waals surface area (Å²) < 4.78 is 0. The minimum absolute atomic E-state index is 0.0798. The van der Waals surface area contributed by atoms with Crippen molar-refractivity contribution in [2.75, 3.05) is 11.1 Å². The average molecular weight is 285 g/mol. The van der Waals surface area contributed by atoms with E-state index in [2.05, 4.69) is 42.3 Å². The first-order valence-corrected chi connectivity index (χ1v) is 8.01. The van der Waals surface area contributed by atoms with Crippen LogP contribution in [0.1, 0.15) is 26.7 Å². The number of thioether (sulfide) groups is 1. The molecule has 2 heterocycles. The Bertz CT molecular complexity index is 648. The van der Waals surface area contributed by atoms with Crippen LogP contribution in [-0.2, 0) is 0 Å². The molecule has 1 aliphatic rings. The van der Waals surface area contributed by atoms with Crippen LogP contribution in [0, 0.1) is 0 Å². The Morgan fingerprint density at radius 2 is 2.25 bits per heavy atom. The summed E-state index contributed by atoms with van der Waals surface area (Å²) in [6.07, 6.45) is 5.96. The van der Waals surface area contributed by atoms with Crippen molar-refractivity contribution in [3.63, 3.8) is 0 Å². The summed E-state index contributed by atoms with van der Waals surface area (Å²) in [5.74, 6) is 1.12. The van der Waals surface area contributed by atoms with Crippen LogP contribution >= 0.6 is 11.8 Å². The summed E-state index contributed by atoms with van der Waals surface area (Å²) in [4.78, 5) is 9.11.